The van der Waals surface area contributed by atoms with E-state index in [9.17, 15) is 9.59 Å². The van der Waals surface area contributed by atoms with Gasteiger partial charge in [-0.3, -0.25) is 0 Å². The average Bonchev–Trinajstić information content (AvgIpc) is 2.82. The molecule has 1 aliphatic heterocycles. The molecule has 0 saturated heterocycles. The van der Waals surface area contributed by atoms with Crippen LogP contribution < -0.4 is 0 Å². The Balaban J connectivity index is 2.55. The van der Waals surface area contributed by atoms with Gasteiger partial charge >= 0.3 is 130 Å². The zero-order chi connectivity index (χ0) is 14.5. The van der Waals surface area contributed by atoms with E-state index in [1.54, 1.807) is 13.8 Å². The predicted molar refractivity (Wildman–Crippen MR) is 87.3 cm³/mol. The molecule has 0 fully saturated rings. The molecule has 0 atom stereocenters. The molecule has 0 unspecified atom stereocenters. The quantitative estimate of drug-likeness (QED) is 0.348. The van der Waals surface area contributed by atoms with E-state index in [0.717, 1.165) is 20.8 Å². The molecule has 5 heteroatoms. The molecule has 0 radical (unpaired) electrons. The molecule has 0 saturated carbocycles. The number of allylic oxidation sites excluding steroid dienone is 2. The standard InChI is InChI=1S/C14H20O2SSe2/c1-11(2)13(15)18-9-17(7-5-6-8-17)10-19-14(16)12(3)4/h5-6H,1,3,7-10H2,2,4H3. The first-order chi connectivity index (χ1) is 8.86. The monoisotopic (exact) mass is 412 g/mol. The van der Waals surface area contributed by atoms with E-state index in [2.05, 4.69) is 25.3 Å². The van der Waals surface area contributed by atoms with Crippen molar-refractivity contribution in [2.45, 2.75) is 13.8 Å². The van der Waals surface area contributed by atoms with E-state index < -0.39 is 10.0 Å². The number of carbonyl (C=O) groups excluding carboxylic acids is 2. The number of hydrogen-bond donors (Lipinski definition) is 0. The van der Waals surface area contributed by atoms with Gasteiger partial charge in [-0.05, 0) is 0 Å². The summed E-state index contributed by atoms with van der Waals surface area (Å²) in [6, 6.07) is 0. The summed E-state index contributed by atoms with van der Waals surface area (Å²) in [5.41, 5.74) is 1.34. The second-order valence-corrected chi connectivity index (χ2v) is 14.0. The van der Waals surface area contributed by atoms with Crippen LogP contribution in [-0.4, -0.2) is 60.1 Å². The van der Waals surface area contributed by atoms with E-state index in [1.807, 2.05) is 0 Å². The summed E-state index contributed by atoms with van der Waals surface area (Å²) in [7, 11) is -0.798. The maximum atomic E-state index is 11.7. The molecule has 1 aliphatic rings. The fraction of sp³-hybridized carbons (Fsp3) is 0.429. The first kappa shape index (κ1) is 17.0. The van der Waals surface area contributed by atoms with Crippen LogP contribution in [0.5, 0.6) is 0 Å². The van der Waals surface area contributed by atoms with Gasteiger partial charge in [0, 0.05) is 0 Å². The molecular formula is C14H20O2SSe2. The Kier molecular flexibility index (Phi) is 6.85. The minimum absolute atomic E-state index is 0.00443. The van der Waals surface area contributed by atoms with Gasteiger partial charge < -0.3 is 0 Å². The Hall–Kier alpha value is -0.0510. The van der Waals surface area contributed by atoms with Gasteiger partial charge in [0.1, 0.15) is 0 Å². The fourth-order valence-electron chi connectivity index (χ4n) is 1.44. The molecular weight excluding hydrogens is 390 g/mol. The molecule has 0 spiro atoms. The van der Waals surface area contributed by atoms with Crippen LogP contribution >= 0.6 is 10.0 Å². The van der Waals surface area contributed by atoms with Crippen LogP contribution in [0, 0.1) is 0 Å². The Bertz CT molecular complexity index is 401. The molecule has 19 heavy (non-hydrogen) atoms. The van der Waals surface area contributed by atoms with Crippen LogP contribution in [-0.2, 0) is 9.59 Å². The van der Waals surface area contributed by atoms with Crippen LogP contribution in [0.3, 0.4) is 0 Å². The van der Waals surface area contributed by atoms with E-state index in [-0.39, 0.29) is 39.3 Å². The average molecular weight is 410 g/mol. The van der Waals surface area contributed by atoms with Crippen molar-refractivity contribution in [2.24, 2.45) is 0 Å². The van der Waals surface area contributed by atoms with E-state index in [0.29, 0.717) is 11.1 Å². The summed E-state index contributed by atoms with van der Waals surface area (Å²) in [4.78, 5) is 23.5. The summed E-state index contributed by atoms with van der Waals surface area (Å²) in [6.45, 7) is 11.0. The van der Waals surface area contributed by atoms with Gasteiger partial charge in [-0.2, -0.15) is 0 Å². The van der Waals surface area contributed by atoms with Crippen LogP contribution in [0.15, 0.2) is 36.5 Å². The van der Waals surface area contributed by atoms with Crippen molar-refractivity contribution in [1.82, 2.24) is 0 Å². The molecule has 106 valence electrons. The Morgan fingerprint density at radius 3 is 1.68 bits per heavy atom. The van der Waals surface area contributed by atoms with Gasteiger partial charge in [0.25, 0.3) is 0 Å². The van der Waals surface area contributed by atoms with Gasteiger partial charge in [-0.25, -0.2) is 0 Å². The van der Waals surface area contributed by atoms with Crippen LogP contribution in [0.25, 0.3) is 0 Å². The summed E-state index contributed by atoms with van der Waals surface area (Å²) in [6.07, 6.45) is 4.44. The summed E-state index contributed by atoms with van der Waals surface area (Å²) >= 11 is -0.00885. The van der Waals surface area contributed by atoms with Crippen LogP contribution in [0.2, 0.25) is 0 Å². The fourth-order valence-corrected chi connectivity index (χ4v) is 14.4. The van der Waals surface area contributed by atoms with Gasteiger partial charge in [-0.15, -0.1) is 0 Å². The van der Waals surface area contributed by atoms with Gasteiger partial charge in [0.15, 0.2) is 0 Å². The van der Waals surface area contributed by atoms with E-state index >= 15 is 0 Å². The first-order valence-corrected chi connectivity index (χ1v) is 12.4. The number of carbonyl (C=O) groups is 2. The Morgan fingerprint density at radius 1 is 1.00 bits per heavy atom. The van der Waals surface area contributed by atoms with Crippen molar-refractivity contribution in [2.75, 3.05) is 20.8 Å². The molecule has 0 aromatic carbocycles. The Morgan fingerprint density at radius 2 is 1.37 bits per heavy atom. The van der Waals surface area contributed by atoms with Crippen LogP contribution in [0.4, 0.5) is 0 Å². The maximum absolute atomic E-state index is 11.7. The molecule has 1 heterocycles. The summed E-state index contributed by atoms with van der Waals surface area (Å²) < 4.78 is 2.46. The second-order valence-electron chi connectivity index (χ2n) is 4.69. The number of hydrogen-bond acceptors (Lipinski definition) is 2. The van der Waals surface area contributed by atoms with Crippen molar-refractivity contribution >= 4 is 49.3 Å². The molecule has 0 aliphatic carbocycles. The van der Waals surface area contributed by atoms with Gasteiger partial charge in [-0.1, -0.05) is 0 Å². The SMILES string of the molecule is C=C(C)C(=O)[Se]CS1(C[Se]C(=O)C(=C)C)CC=CC1. The van der Waals surface area contributed by atoms with Gasteiger partial charge in [0.2, 0.25) is 0 Å². The van der Waals surface area contributed by atoms with Crippen molar-refractivity contribution in [3.8, 4) is 0 Å². The summed E-state index contributed by atoms with van der Waals surface area (Å²) in [5.74, 6) is 2.17. The first-order valence-electron chi connectivity index (χ1n) is 5.91. The second kappa shape index (κ2) is 7.66. The Labute approximate surface area is 129 Å². The van der Waals surface area contributed by atoms with Crippen molar-refractivity contribution in [3.63, 3.8) is 0 Å². The third-order valence-corrected chi connectivity index (χ3v) is 16.0. The summed E-state index contributed by atoms with van der Waals surface area (Å²) in [5, 5.41) is 0. The van der Waals surface area contributed by atoms with E-state index in [1.165, 1.54) is 0 Å². The molecule has 2 nitrogen and oxygen atoms in total. The van der Waals surface area contributed by atoms with Crippen molar-refractivity contribution < 1.29 is 9.59 Å². The predicted octanol–water partition coefficient (Wildman–Crippen LogP) is 1.89. The number of rotatable bonds is 8. The topological polar surface area (TPSA) is 34.1 Å². The molecule has 0 aromatic heterocycles. The van der Waals surface area contributed by atoms with E-state index in [4.69, 9.17) is 0 Å². The molecule has 0 N–H and O–H groups in total. The van der Waals surface area contributed by atoms with Gasteiger partial charge in [0.05, 0.1) is 0 Å². The zero-order valence-electron chi connectivity index (χ0n) is 11.4. The third-order valence-electron chi connectivity index (χ3n) is 2.64. The van der Waals surface area contributed by atoms with Crippen LogP contribution in [0.1, 0.15) is 13.8 Å². The molecule has 0 aromatic rings. The normalized spacial score (nSPS) is 18.0. The third kappa shape index (κ3) is 5.45. The molecule has 1 rings (SSSR count). The molecule has 0 bridgehead atoms. The molecule has 0 amide bonds. The van der Waals surface area contributed by atoms with Crippen molar-refractivity contribution in [1.29, 1.82) is 0 Å². The zero-order valence-corrected chi connectivity index (χ0v) is 15.7. The van der Waals surface area contributed by atoms with Crippen molar-refractivity contribution in [3.05, 3.63) is 36.5 Å². The minimum atomic E-state index is -0.798.